The van der Waals surface area contributed by atoms with Crippen molar-refractivity contribution in [2.24, 2.45) is 5.73 Å². The van der Waals surface area contributed by atoms with Gasteiger partial charge in [0.1, 0.15) is 11.6 Å². The number of primary amides is 1. The molecular weight excluding hydrogens is 264 g/mol. The van der Waals surface area contributed by atoms with Crippen molar-refractivity contribution in [3.05, 3.63) is 0 Å². The predicted molar refractivity (Wildman–Crippen MR) is 63.1 cm³/mol. The Bertz CT molecular complexity index is 411. The van der Waals surface area contributed by atoms with Crippen molar-refractivity contribution in [2.45, 2.75) is 32.4 Å². The fraction of sp³-hybridized carbons (Fsp3) is 0.778. The molecule has 3 N–H and O–H groups in total. The number of hydrogen-bond donors (Lipinski definition) is 2. The molecule has 0 bridgehead atoms. The molecule has 0 rings (SSSR count). The van der Waals surface area contributed by atoms with E-state index in [0.717, 1.165) is 6.26 Å². The molecule has 0 heterocycles. The van der Waals surface area contributed by atoms with Crippen molar-refractivity contribution in [3.63, 3.8) is 0 Å². The van der Waals surface area contributed by atoms with Crippen molar-refractivity contribution >= 4 is 22.1 Å². The SMILES string of the molecule is CC(C)(C)OC(=O)N[C@@H](COS(C)(=O)=O)C(N)=O. The number of amides is 2. The second-order valence-corrected chi connectivity index (χ2v) is 6.23. The lowest BCUT2D eigenvalue weighted by Gasteiger charge is -2.22. The maximum atomic E-state index is 11.4. The zero-order valence-corrected chi connectivity index (χ0v) is 11.5. The summed E-state index contributed by atoms with van der Waals surface area (Å²) < 4.78 is 30.8. The minimum atomic E-state index is -3.72. The van der Waals surface area contributed by atoms with Crippen LogP contribution in [-0.4, -0.2) is 44.9 Å². The smallest absolute Gasteiger partial charge is 0.408 e. The summed E-state index contributed by atoms with van der Waals surface area (Å²) in [6.45, 7) is 4.34. The summed E-state index contributed by atoms with van der Waals surface area (Å²) in [5, 5.41) is 2.12. The molecule has 1 atom stereocenters. The Morgan fingerprint density at radius 3 is 2.17 bits per heavy atom. The van der Waals surface area contributed by atoms with Gasteiger partial charge in [-0.1, -0.05) is 0 Å². The van der Waals surface area contributed by atoms with Crippen LogP contribution in [0, 0.1) is 0 Å². The van der Waals surface area contributed by atoms with E-state index in [1.54, 1.807) is 20.8 Å². The molecule has 106 valence electrons. The van der Waals surface area contributed by atoms with Gasteiger partial charge >= 0.3 is 6.09 Å². The van der Waals surface area contributed by atoms with Crippen LogP contribution in [0.3, 0.4) is 0 Å². The first-order valence-corrected chi connectivity index (χ1v) is 6.85. The standard InChI is InChI=1S/C9H18N2O6S/c1-9(2,3)17-8(13)11-6(7(10)12)5-16-18(4,14)15/h6H,5H2,1-4H3,(H2,10,12)(H,11,13)/t6-/m0/s1. The van der Waals surface area contributed by atoms with Gasteiger partial charge in [-0.05, 0) is 20.8 Å². The van der Waals surface area contributed by atoms with Gasteiger partial charge in [0.05, 0.1) is 12.9 Å². The third-order valence-corrected chi connectivity index (χ3v) is 2.05. The van der Waals surface area contributed by atoms with Gasteiger partial charge in [-0.25, -0.2) is 4.79 Å². The third-order valence-electron chi connectivity index (χ3n) is 1.48. The van der Waals surface area contributed by atoms with Crippen LogP contribution >= 0.6 is 0 Å². The average molecular weight is 282 g/mol. The summed E-state index contributed by atoms with van der Waals surface area (Å²) in [7, 11) is -3.72. The quantitative estimate of drug-likeness (QED) is 0.645. The Kier molecular flexibility index (Phi) is 5.55. The number of carbonyl (C=O) groups excluding carboxylic acids is 2. The molecule has 0 fully saturated rings. The summed E-state index contributed by atoms with van der Waals surface area (Å²) in [4.78, 5) is 22.3. The summed E-state index contributed by atoms with van der Waals surface area (Å²) in [5.74, 6) is -0.926. The Labute approximate surface area is 106 Å². The highest BCUT2D eigenvalue weighted by molar-refractivity contribution is 7.85. The fourth-order valence-electron chi connectivity index (χ4n) is 0.836. The molecule has 0 aliphatic carbocycles. The van der Waals surface area contributed by atoms with E-state index in [-0.39, 0.29) is 0 Å². The number of nitrogens with two attached hydrogens (primary N) is 1. The number of alkyl carbamates (subject to hydrolysis) is 1. The molecule has 0 aromatic carbocycles. The van der Waals surface area contributed by atoms with E-state index < -0.39 is 40.4 Å². The molecule has 0 radical (unpaired) electrons. The van der Waals surface area contributed by atoms with Crippen LogP contribution in [-0.2, 0) is 23.8 Å². The lowest BCUT2D eigenvalue weighted by atomic mass is 10.2. The van der Waals surface area contributed by atoms with Crippen LogP contribution in [0.5, 0.6) is 0 Å². The first kappa shape index (κ1) is 16.6. The molecule has 8 nitrogen and oxygen atoms in total. The Hall–Kier alpha value is -1.35. The number of ether oxygens (including phenoxy) is 1. The maximum Gasteiger partial charge on any atom is 0.408 e. The topological polar surface area (TPSA) is 125 Å². The first-order chi connectivity index (χ1) is 7.91. The molecule has 0 aromatic heterocycles. The number of nitrogens with one attached hydrogen (secondary N) is 1. The second kappa shape index (κ2) is 6.01. The van der Waals surface area contributed by atoms with E-state index in [9.17, 15) is 18.0 Å². The molecule has 0 unspecified atom stereocenters. The Balaban J connectivity index is 4.46. The normalized spacial score (nSPS) is 13.8. The highest BCUT2D eigenvalue weighted by atomic mass is 32.2. The molecule has 0 aliphatic heterocycles. The van der Waals surface area contributed by atoms with E-state index in [1.807, 2.05) is 0 Å². The second-order valence-electron chi connectivity index (χ2n) is 4.59. The van der Waals surface area contributed by atoms with Crippen molar-refractivity contribution in [3.8, 4) is 0 Å². The highest BCUT2D eigenvalue weighted by Gasteiger charge is 2.24. The molecule has 0 aromatic rings. The lowest BCUT2D eigenvalue weighted by molar-refractivity contribution is -0.120. The van der Waals surface area contributed by atoms with Crippen LogP contribution < -0.4 is 11.1 Å². The average Bonchev–Trinajstić information content (AvgIpc) is 2.06. The van der Waals surface area contributed by atoms with Gasteiger partial charge in [0, 0.05) is 0 Å². The van der Waals surface area contributed by atoms with Gasteiger partial charge in [0.15, 0.2) is 0 Å². The maximum absolute atomic E-state index is 11.4. The van der Waals surface area contributed by atoms with E-state index in [0.29, 0.717) is 0 Å². The van der Waals surface area contributed by atoms with Crippen LogP contribution in [0.15, 0.2) is 0 Å². The van der Waals surface area contributed by atoms with Gasteiger partial charge < -0.3 is 15.8 Å². The summed E-state index contributed by atoms with van der Waals surface area (Å²) in [6, 6.07) is -1.28. The van der Waals surface area contributed by atoms with Crippen molar-refractivity contribution in [2.75, 3.05) is 12.9 Å². The van der Waals surface area contributed by atoms with Gasteiger partial charge in [-0.3, -0.25) is 8.98 Å². The van der Waals surface area contributed by atoms with Crippen molar-refractivity contribution < 1.29 is 26.9 Å². The summed E-state index contributed by atoms with van der Waals surface area (Å²) in [6.07, 6.45) is -0.0678. The van der Waals surface area contributed by atoms with Gasteiger partial charge in [-0.15, -0.1) is 0 Å². The van der Waals surface area contributed by atoms with E-state index in [4.69, 9.17) is 10.5 Å². The van der Waals surface area contributed by atoms with Crippen LogP contribution in [0.2, 0.25) is 0 Å². The predicted octanol–water partition coefficient (Wildman–Crippen LogP) is -0.659. The third kappa shape index (κ3) is 8.76. The Morgan fingerprint density at radius 1 is 1.33 bits per heavy atom. The fourth-order valence-corrected chi connectivity index (χ4v) is 1.22. The molecule has 0 saturated heterocycles. The van der Waals surface area contributed by atoms with E-state index >= 15 is 0 Å². The lowest BCUT2D eigenvalue weighted by Crippen LogP contribution is -2.49. The summed E-state index contributed by atoms with van der Waals surface area (Å²) in [5.41, 5.74) is 4.25. The minimum absolute atomic E-state index is 0.576. The Morgan fingerprint density at radius 2 is 1.83 bits per heavy atom. The van der Waals surface area contributed by atoms with Crippen molar-refractivity contribution in [1.82, 2.24) is 5.32 Å². The zero-order valence-electron chi connectivity index (χ0n) is 10.7. The highest BCUT2D eigenvalue weighted by Crippen LogP contribution is 2.06. The molecule has 18 heavy (non-hydrogen) atoms. The first-order valence-electron chi connectivity index (χ1n) is 5.04. The molecule has 0 aliphatic rings. The van der Waals surface area contributed by atoms with Gasteiger partial charge in [0.25, 0.3) is 10.1 Å². The largest absolute Gasteiger partial charge is 0.444 e. The van der Waals surface area contributed by atoms with E-state index in [2.05, 4.69) is 9.50 Å². The molecule has 0 spiro atoms. The minimum Gasteiger partial charge on any atom is -0.444 e. The molecule has 9 heteroatoms. The van der Waals surface area contributed by atoms with E-state index in [1.165, 1.54) is 0 Å². The number of hydrogen-bond acceptors (Lipinski definition) is 6. The monoisotopic (exact) mass is 282 g/mol. The molecular formula is C9H18N2O6S. The molecule has 2 amide bonds. The van der Waals surface area contributed by atoms with Crippen LogP contribution in [0.1, 0.15) is 20.8 Å². The van der Waals surface area contributed by atoms with Crippen LogP contribution in [0.25, 0.3) is 0 Å². The number of rotatable bonds is 5. The zero-order chi connectivity index (χ0) is 14.6. The van der Waals surface area contributed by atoms with Crippen LogP contribution in [0.4, 0.5) is 4.79 Å². The summed E-state index contributed by atoms with van der Waals surface area (Å²) >= 11 is 0. The molecule has 0 saturated carbocycles. The van der Waals surface area contributed by atoms with Gasteiger partial charge in [0.2, 0.25) is 5.91 Å². The van der Waals surface area contributed by atoms with Crippen molar-refractivity contribution in [1.29, 1.82) is 0 Å². The van der Waals surface area contributed by atoms with Gasteiger partial charge in [-0.2, -0.15) is 8.42 Å². The number of carbonyl (C=O) groups is 2.